The molecular formula is C12H13NO3S. The number of benzene rings is 1. The molecule has 0 saturated carbocycles. The molecule has 17 heavy (non-hydrogen) atoms. The molecule has 1 saturated heterocycles. The van der Waals surface area contributed by atoms with E-state index in [2.05, 4.69) is 0 Å². The van der Waals surface area contributed by atoms with Crippen LogP contribution in [0.15, 0.2) is 24.3 Å². The van der Waals surface area contributed by atoms with Gasteiger partial charge in [0.25, 0.3) is 0 Å². The molecule has 5 heteroatoms. The van der Waals surface area contributed by atoms with E-state index in [4.69, 9.17) is 5.26 Å². The van der Waals surface area contributed by atoms with E-state index in [1.807, 2.05) is 6.07 Å². The van der Waals surface area contributed by atoms with Crippen molar-refractivity contribution in [2.75, 3.05) is 11.5 Å². The van der Waals surface area contributed by atoms with Gasteiger partial charge in [0.15, 0.2) is 9.84 Å². The lowest BCUT2D eigenvalue weighted by molar-refractivity contribution is 0.121. The van der Waals surface area contributed by atoms with E-state index < -0.39 is 15.9 Å². The predicted octanol–water partition coefficient (Wildman–Crippen LogP) is 1.03. The highest BCUT2D eigenvalue weighted by Gasteiger charge is 2.33. The monoisotopic (exact) mass is 251 g/mol. The summed E-state index contributed by atoms with van der Waals surface area (Å²) in [6, 6.07) is 8.60. The van der Waals surface area contributed by atoms with E-state index in [1.54, 1.807) is 24.3 Å². The van der Waals surface area contributed by atoms with Crippen LogP contribution in [0.2, 0.25) is 0 Å². The molecule has 2 atom stereocenters. The van der Waals surface area contributed by atoms with Gasteiger partial charge in [0.2, 0.25) is 0 Å². The zero-order valence-electron chi connectivity index (χ0n) is 9.20. The van der Waals surface area contributed by atoms with Crippen LogP contribution in [-0.4, -0.2) is 25.0 Å². The van der Waals surface area contributed by atoms with Crippen LogP contribution in [0.25, 0.3) is 0 Å². The molecule has 0 spiro atoms. The van der Waals surface area contributed by atoms with Gasteiger partial charge in [-0.2, -0.15) is 5.26 Å². The first-order valence-electron chi connectivity index (χ1n) is 5.40. The fourth-order valence-corrected chi connectivity index (χ4v) is 3.93. The summed E-state index contributed by atoms with van der Waals surface area (Å²) in [5, 5.41) is 18.7. The predicted molar refractivity (Wildman–Crippen MR) is 62.9 cm³/mol. The lowest BCUT2D eigenvalue weighted by Crippen LogP contribution is -2.14. The second-order valence-electron chi connectivity index (χ2n) is 4.34. The van der Waals surface area contributed by atoms with Crippen molar-refractivity contribution in [1.82, 2.24) is 0 Å². The highest BCUT2D eigenvalue weighted by Crippen LogP contribution is 2.31. The molecular weight excluding hydrogens is 238 g/mol. The van der Waals surface area contributed by atoms with Gasteiger partial charge < -0.3 is 5.11 Å². The second-order valence-corrected chi connectivity index (χ2v) is 6.57. The van der Waals surface area contributed by atoms with Gasteiger partial charge in [0.05, 0.1) is 29.2 Å². The van der Waals surface area contributed by atoms with Crippen LogP contribution in [0, 0.1) is 17.2 Å². The minimum atomic E-state index is -2.97. The first kappa shape index (κ1) is 12.1. The average Bonchev–Trinajstić information content (AvgIpc) is 2.69. The molecule has 0 bridgehead atoms. The Morgan fingerprint density at radius 3 is 2.47 bits per heavy atom. The topological polar surface area (TPSA) is 78.2 Å². The van der Waals surface area contributed by atoms with Crippen molar-refractivity contribution in [3.05, 3.63) is 35.4 Å². The number of rotatable bonds is 2. The summed E-state index contributed by atoms with van der Waals surface area (Å²) in [6.45, 7) is 0. The molecule has 0 radical (unpaired) electrons. The third-order valence-corrected chi connectivity index (χ3v) is 4.89. The molecule has 0 amide bonds. The van der Waals surface area contributed by atoms with Gasteiger partial charge in [-0.1, -0.05) is 12.1 Å². The summed E-state index contributed by atoms with van der Waals surface area (Å²) in [4.78, 5) is 0. The zero-order valence-corrected chi connectivity index (χ0v) is 10.0. The van der Waals surface area contributed by atoms with Crippen LogP contribution in [0.3, 0.4) is 0 Å². The molecule has 1 aromatic carbocycles. The largest absolute Gasteiger partial charge is 0.388 e. The number of aliphatic hydroxyl groups is 1. The molecule has 90 valence electrons. The molecule has 2 rings (SSSR count). The molecule has 1 fully saturated rings. The maximum Gasteiger partial charge on any atom is 0.150 e. The summed E-state index contributed by atoms with van der Waals surface area (Å²) in [5.74, 6) is -0.0212. The molecule has 0 aromatic heterocycles. The van der Waals surface area contributed by atoms with E-state index in [1.165, 1.54) is 0 Å². The molecule has 1 aliphatic heterocycles. The molecule has 1 N–H and O–H groups in total. The minimum absolute atomic E-state index is 0.0498. The van der Waals surface area contributed by atoms with Crippen molar-refractivity contribution in [2.24, 2.45) is 5.92 Å². The summed E-state index contributed by atoms with van der Waals surface area (Å²) in [7, 11) is -2.97. The Labute approximate surface area is 100 Å². The highest BCUT2D eigenvalue weighted by atomic mass is 32.2. The maximum atomic E-state index is 11.3. The molecule has 0 aliphatic carbocycles. The Morgan fingerprint density at radius 2 is 2.00 bits per heavy atom. The number of sulfone groups is 1. The summed E-state index contributed by atoms with van der Waals surface area (Å²) in [6.07, 6.45) is -0.260. The van der Waals surface area contributed by atoms with Crippen LogP contribution < -0.4 is 0 Å². The minimum Gasteiger partial charge on any atom is -0.388 e. The Bertz CT molecular complexity index is 542. The summed E-state index contributed by atoms with van der Waals surface area (Å²) >= 11 is 0. The van der Waals surface area contributed by atoms with Gasteiger partial charge in [0, 0.05) is 5.92 Å². The van der Waals surface area contributed by atoms with Crippen LogP contribution in [-0.2, 0) is 9.84 Å². The van der Waals surface area contributed by atoms with Crippen LogP contribution >= 0.6 is 0 Å². The Morgan fingerprint density at radius 1 is 1.35 bits per heavy atom. The number of hydrogen-bond donors (Lipinski definition) is 1. The molecule has 1 aliphatic rings. The number of hydrogen-bond acceptors (Lipinski definition) is 4. The van der Waals surface area contributed by atoms with Gasteiger partial charge in [-0.3, -0.25) is 0 Å². The average molecular weight is 251 g/mol. The number of nitrogens with zero attached hydrogens (tertiary/aromatic N) is 1. The normalized spacial score (nSPS) is 24.1. The maximum absolute atomic E-state index is 11.3. The van der Waals surface area contributed by atoms with Gasteiger partial charge >= 0.3 is 0 Å². The van der Waals surface area contributed by atoms with Crippen molar-refractivity contribution < 1.29 is 13.5 Å². The Hall–Kier alpha value is -1.38. The van der Waals surface area contributed by atoms with Crippen LogP contribution in [0.1, 0.15) is 23.7 Å². The van der Waals surface area contributed by atoms with E-state index in [-0.39, 0.29) is 17.4 Å². The standard InChI is InChI=1S/C12H13NO3S/c13-7-9-1-3-10(4-2-9)12(14)11-5-6-17(15,16)8-11/h1-4,11-12,14H,5-6,8H2. The van der Waals surface area contributed by atoms with Crippen molar-refractivity contribution in [3.63, 3.8) is 0 Å². The molecule has 1 heterocycles. The Kier molecular flexibility index (Phi) is 3.18. The van der Waals surface area contributed by atoms with Gasteiger partial charge in [-0.05, 0) is 24.1 Å². The third-order valence-electron chi connectivity index (χ3n) is 3.10. The van der Waals surface area contributed by atoms with Gasteiger partial charge in [-0.15, -0.1) is 0 Å². The lowest BCUT2D eigenvalue weighted by Gasteiger charge is -2.16. The lowest BCUT2D eigenvalue weighted by atomic mass is 9.95. The molecule has 4 nitrogen and oxygen atoms in total. The smallest absolute Gasteiger partial charge is 0.150 e. The first-order chi connectivity index (χ1) is 8.02. The van der Waals surface area contributed by atoms with Crippen molar-refractivity contribution in [1.29, 1.82) is 5.26 Å². The quantitative estimate of drug-likeness (QED) is 0.851. The second kappa shape index (κ2) is 4.47. The van der Waals surface area contributed by atoms with Crippen molar-refractivity contribution >= 4 is 9.84 Å². The van der Waals surface area contributed by atoms with E-state index in [0.717, 1.165) is 0 Å². The first-order valence-corrected chi connectivity index (χ1v) is 7.22. The summed E-state index contributed by atoms with van der Waals surface area (Å²) < 4.78 is 22.6. The van der Waals surface area contributed by atoms with Gasteiger partial charge in [0.1, 0.15) is 0 Å². The van der Waals surface area contributed by atoms with E-state index in [9.17, 15) is 13.5 Å². The Balaban J connectivity index is 2.15. The molecule has 2 unspecified atom stereocenters. The number of nitriles is 1. The fourth-order valence-electron chi connectivity index (χ4n) is 2.10. The van der Waals surface area contributed by atoms with Crippen molar-refractivity contribution in [3.8, 4) is 6.07 Å². The summed E-state index contributed by atoms with van der Waals surface area (Å²) in [5.41, 5.74) is 1.20. The number of aliphatic hydroxyl groups excluding tert-OH is 1. The SMILES string of the molecule is N#Cc1ccc(C(O)C2CCS(=O)(=O)C2)cc1. The van der Waals surface area contributed by atoms with Crippen LogP contribution in [0.4, 0.5) is 0 Å². The molecule has 1 aromatic rings. The zero-order chi connectivity index (χ0) is 12.5. The van der Waals surface area contributed by atoms with Crippen molar-refractivity contribution in [2.45, 2.75) is 12.5 Å². The third kappa shape index (κ3) is 2.65. The van der Waals surface area contributed by atoms with Crippen LogP contribution in [0.5, 0.6) is 0 Å². The van der Waals surface area contributed by atoms with E-state index >= 15 is 0 Å². The van der Waals surface area contributed by atoms with E-state index in [0.29, 0.717) is 17.5 Å². The fraction of sp³-hybridized carbons (Fsp3) is 0.417. The highest BCUT2D eigenvalue weighted by molar-refractivity contribution is 7.91. The van der Waals surface area contributed by atoms with Gasteiger partial charge in [-0.25, -0.2) is 8.42 Å².